The van der Waals surface area contributed by atoms with Crippen molar-refractivity contribution in [1.82, 2.24) is 0 Å². The Morgan fingerprint density at radius 2 is 1.67 bits per heavy atom. The Morgan fingerprint density at radius 3 is 2.33 bits per heavy atom. The molecule has 0 nitrogen and oxygen atoms in total. The quantitative estimate of drug-likeness (QED) is 0.618. The molecule has 64 valence electrons. The summed E-state index contributed by atoms with van der Waals surface area (Å²) in [5, 5.41) is 0. The van der Waals surface area contributed by atoms with Gasteiger partial charge in [-0.1, -0.05) is 36.4 Å². The third kappa shape index (κ3) is 3.04. The third-order valence-corrected chi connectivity index (χ3v) is 1.69. The Hall–Kier alpha value is 0.410. The largest absolute Gasteiger partial charge is 0.147 e. The van der Waals surface area contributed by atoms with Gasteiger partial charge in [-0.05, 0) is 17.5 Å². The first-order valence-electron chi connectivity index (χ1n) is 3.21. The summed E-state index contributed by atoms with van der Waals surface area (Å²) in [6.07, 6.45) is 5.50. The van der Waals surface area contributed by atoms with Crippen LogP contribution in [0.5, 0.6) is 0 Å². The normalized spacial score (nSPS) is 10.3. The maximum absolute atomic E-state index is 2.20. The van der Waals surface area contributed by atoms with E-state index >= 15 is 0 Å². The molecule has 0 aliphatic heterocycles. The van der Waals surface area contributed by atoms with Crippen LogP contribution in [0.1, 0.15) is 11.1 Å². The van der Waals surface area contributed by atoms with Gasteiger partial charge in [0.15, 0.2) is 0 Å². The Bertz CT molecular complexity index is 258. The summed E-state index contributed by atoms with van der Waals surface area (Å²) in [4.78, 5) is 0. The van der Waals surface area contributed by atoms with Gasteiger partial charge in [-0.3, -0.25) is 0 Å². The molecule has 1 aliphatic carbocycles. The van der Waals surface area contributed by atoms with Crippen LogP contribution in [0.15, 0.2) is 30.3 Å². The molecule has 1 aliphatic rings. The Balaban J connectivity index is 0. The number of fused-ring (bicyclic) bond motifs is 1. The number of allylic oxidation sites excluding steroid dienone is 1. The third-order valence-electron chi connectivity index (χ3n) is 1.69. The van der Waals surface area contributed by atoms with Crippen LogP contribution in [0.25, 0.3) is 6.08 Å². The average molecular weight is 368 g/mol. The van der Waals surface area contributed by atoms with Gasteiger partial charge in [-0.25, -0.2) is 0 Å². The summed E-state index contributed by atoms with van der Waals surface area (Å²) in [6, 6.07) is 8.49. The van der Waals surface area contributed by atoms with Crippen molar-refractivity contribution >= 4 is 30.9 Å². The van der Waals surface area contributed by atoms with E-state index in [1.165, 1.54) is 11.1 Å². The first-order valence-corrected chi connectivity index (χ1v) is 3.21. The summed E-state index contributed by atoms with van der Waals surface area (Å²) >= 11 is 0. The average Bonchev–Trinajstić information content (AvgIpc) is 2.33. The van der Waals surface area contributed by atoms with E-state index in [-0.39, 0.29) is 50.7 Å². The van der Waals surface area contributed by atoms with Crippen LogP contribution in [0.4, 0.5) is 0 Å². The van der Waals surface area contributed by atoms with Gasteiger partial charge < -0.3 is 0 Å². The first kappa shape index (κ1) is 14.9. The molecule has 0 fully saturated rings. The molecule has 12 heavy (non-hydrogen) atoms. The SMILES string of the molecule is C1=Cc2ccccc2C1.Cl.Cl.[Hf]. The molecule has 0 amide bonds. The fraction of sp³-hybridized carbons (Fsp3) is 0.111. The summed E-state index contributed by atoms with van der Waals surface area (Å²) in [6.45, 7) is 0. The van der Waals surface area contributed by atoms with Crippen molar-refractivity contribution in [1.29, 1.82) is 0 Å². The van der Waals surface area contributed by atoms with Crippen LogP contribution in [-0.2, 0) is 32.3 Å². The molecule has 3 heteroatoms. The molecule has 0 atom stereocenters. The zero-order chi connectivity index (χ0) is 6.10. The molecule has 0 aromatic heterocycles. The predicted octanol–water partition coefficient (Wildman–Crippen LogP) is 3.10. The Kier molecular flexibility index (Phi) is 8.54. The van der Waals surface area contributed by atoms with E-state index < -0.39 is 0 Å². The fourth-order valence-corrected chi connectivity index (χ4v) is 1.20. The van der Waals surface area contributed by atoms with Crippen LogP contribution < -0.4 is 0 Å². The molecule has 0 unspecified atom stereocenters. The second-order valence-electron chi connectivity index (χ2n) is 2.31. The van der Waals surface area contributed by atoms with Crippen LogP contribution >= 0.6 is 24.8 Å². The van der Waals surface area contributed by atoms with Gasteiger partial charge in [-0.2, -0.15) is 0 Å². The van der Waals surface area contributed by atoms with Gasteiger partial charge in [0.1, 0.15) is 0 Å². The first-order chi connectivity index (χ1) is 4.47. The molecule has 0 saturated carbocycles. The number of benzene rings is 1. The maximum Gasteiger partial charge on any atom is 0 e. The van der Waals surface area contributed by atoms with Gasteiger partial charge in [0, 0.05) is 25.8 Å². The van der Waals surface area contributed by atoms with Crippen LogP contribution in [-0.4, -0.2) is 0 Å². The smallest absolute Gasteiger partial charge is 0 e. The molecule has 1 aromatic rings. The van der Waals surface area contributed by atoms with Crippen LogP contribution in [0.3, 0.4) is 0 Å². The van der Waals surface area contributed by atoms with Gasteiger partial charge >= 0.3 is 0 Å². The van der Waals surface area contributed by atoms with Gasteiger partial charge in [-0.15, -0.1) is 24.8 Å². The van der Waals surface area contributed by atoms with E-state index in [0.717, 1.165) is 6.42 Å². The zero-order valence-electron chi connectivity index (χ0n) is 6.49. The standard InChI is InChI=1S/C9H8.2ClH.Hf/c1-2-5-9-7-3-6-8(9)4-1;;;/h1-6H,7H2;2*1H;. The van der Waals surface area contributed by atoms with Crippen molar-refractivity contribution in [2.24, 2.45) is 0 Å². The van der Waals surface area contributed by atoms with Crippen molar-refractivity contribution in [2.75, 3.05) is 0 Å². The minimum absolute atomic E-state index is 0. The van der Waals surface area contributed by atoms with Crippen molar-refractivity contribution in [2.45, 2.75) is 6.42 Å². The molecule has 0 radical (unpaired) electrons. The van der Waals surface area contributed by atoms with E-state index in [4.69, 9.17) is 0 Å². The minimum atomic E-state index is 0. The van der Waals surface area contributed by atoms with Crippen LogP contribution in [0.2, 0.25) is 0 Å². The van der Waals surface area contributed by atoms with Gasteiger partial charge in [0.05, 0.1) is 0 Å². The van der Waals surface area contributed by atoms with E-state index in [2.05, 4.69) is 36.4 Å². The van der Waals surface area contributed by atoms with E-state index in [9.17, 15) is 0 Å². The molecule has 0 saturated heterocycles. The van der Waals surface area contributed by atoms with E-state index in [1.54, 1.807) is 0 Å². The van der Waals surface area contributed by atoms with Crippen LogP contribution in [0, 0.1) is 0 Å². The van der Waals surface area contributed by atoms with Crippen molar-refractivity contribution < 1.29 is 25.8 Å². The van der Waals surface area contributed by atoms with Crippen molar-refractivity contribution in [3.63, 3.8) is 0 Å². The topological polar surface area (TPSA) is 0 Å². The zero-order valence-corrected chi connectivity index (χ0v) is 11.7. The van der Waals surface area contributed by atoms with E-state index in [0.29, 0.717) is 0 Å². The number of rotatable bonds is 0. The van der Waals surface area contributed by atoms with E-state index in [1.807, 2.05) is 0 Å². The molecule has 0 heterocycles. The number of hydrogen-bond donors (Lipinski definition) is 0. The fourth-order valence-electron chi connectivity index (χ4n) is 1.20. The Labute approximate surface area is 104 Å². The summed E-state index contributed by atoms with van der Waals surface area (Å²) in [5.74, 6) is 0. The minimum Gasteiger partial charge on any atom is -0.147 e. The number of hydrogen-bond acceptors (Lipinski definition) is 0. The Morgan fingerprint density at radius 1 is 1.00 bits per heavy atom. The molecule has 1 aromatic carbocycles. The molecule has 2 rings (SSSR count). The monoisotopic (exact) mass is 368 g/mol. The van der Waals surface area contributed by atoms with Gasteiger partial charge in [0.25, 0.3) is 0 Å². The molecule has 0 spiro atoms. The summed E-state index contributed by atoms with van der Waals surface area (Å²) in [5.41, 5.74) is 2.84. The van der Waals surface area contributed by atoms with Gasteiger partial charge in [0.2, 0.25) is 0 Å². The molecular formula is C9H10Cl2Hf. The predicted molar refractivity (Wildman–Crippen MR) is 53.7 cm³/mol. The maximum atomic E-state index is 2.20. The van der Waals surface area contributed by atoms with Crippen molar-refractivity contribution in [3.8, 4) is 0 Å². The molecule has 0 N–H and O–H groups in total. The number of halogens is 2. The second-order valence-corrected chi connectivity index (χ2v) is 2.31. The summed E-state index contributed by atoms with van der Waals surface area (Å²) in [7, 11) is 0. The second kappa shape index (κ2) is 6.88. The van der Waals surface area contributed by atoms with Crippen molar-refractivity contribution in [3.05, 3.63) is 41.5 Å². The molecule has 0 bridgehead atoms. The molecular weight excluding hydrogens is 357 g/mol. The summed E-state index contributed by atoms with van der Waals surface area (Å²) < 4.78 is 0.